The second-order valence-corrected chi connectivity index (χ2v) is 7.71. The molecule has 2 aromatic carbocycles. The van der Waals surface area contributed by atoms with Crippen molar-refractivity contribution in [1.29, 1.82) is 0 Å². The highest BCUT2D eigenvalue weighted by molar-refractivity contribution is 5.89. The third-order valence-electron chi connectivity index (χ3n) is 5.77. The van der Waals surface area contributed by atoms with Gasteiger partial charge in [-0.15, -0.1) is 0 Å². The van der Waals surface area contributed by atoms with E-state index in [1.807, 2.05) is 6.07 Å². The van der Waals surface area contributed by atoms with Gasteiger partial charge >= 0.3 is 6.18 Å². The molecule has 2 aliphatic rings. The molecule has 1 amide bonds. The Balaban J connectivity index is 1.63. The van der Waals surface area contributed by atoms with Gasteiger partial charge in [0.2, 0.25) is 6.10 Å². The molecule has 2 heterocycles. The number of hydrogen-bond acceptors (Lipinski definition) is 5. The fourth-order valence-corrected chi connectivity index (χ4v) is 4.19. The van der Waals surface area contributed by atoms with Crippen LogP contribution >= 0.6 is 0 Å². The molecule has 9 heteroatoms. The van der Waals surface area contributed by atoms with Crippen LogP contribution in [0.3, 0.4) is 0 Å². The molecule has 32 heavy (non-hydrogen) atoms. The zero-order valence-corrected chi connectivity index (χ0v) is 17.7. The van der Waals surface area contributed by atoms with E-state index in [0.29, 0.717) is 30.2 Å². The molecule has 172 valence electrons. The summed E-state index contributed by atoms with van der Waals surface area (Å²) in [6.07, 6.45) is -3.62. The van der Waals surface area contributed by atoms with Crippen LogP contribution in [0.2, 0.25) is 0 Å². The molecule has 2 fully saturated rings. The largest absolute Gasteiger partial charge is 0.493 e. The summed E-state index contributed by atoms with van der Waals surface area (Å²) in [5, 5.41) is 0. The number of amides is 1. The van der Waals surface area contributed by atoms with Crippen LogP contribution in [0.15, 0.2) is 42.5 Å². The molecule has 2 saturated heterocycles. The molecule has 2 aliphatic heterocycles. The highest BCUT2D eigenvalue weighted by Gasteiger charge is 2.52. The van der Waals surface area contributed by atoms with E-state index in [-0.39, 0.29) is 17.8 Å². The van der Waals surface area contributed by atoms with Gasteiger partial charge in [0.1, 0.15) is 11.8 Å². The summed E-state index contributed by atoms with van der Waals surface area (Å²) in [7, 11) is 3.03. The zero-order valence-electron chi connectivity index (χ0n) is 17.7. The standard InChI is InChI=1S/C23H24F3NO5/c1-29-18-7-3-6-17(20(18)30-2)19-21(22(28)27(19)13-16-5-4-12-31-16)32-15-10-8-14(9-11-15)23(24,25)26/h3,6-11,16,19,21H,4-5,12-13H2,1-2H3/t16-,19-,21-/m1/s1. The van der Waals surface area contributed by atoms with Gasteiger partial charge in [0.05, 0.1) is 25.9 Å². The van der Waals surface area contributed by atoms with Crippen molar-refractivity contribution in [3.63, 3.8) is 0 Å². The number of para-hydroxylation sites is 1. The van der Waals surface area contributed by atoms with Gasteiger partial charge in [0.25, 0.3) is 5.91 Å². The number of ether oxygens (including phenoxy) is 4. The molecule has 0 spiro atoms. The van der Waals surface area contributed by atoms with Crippen molar-refractivity contribution < 1.29 is 36.9 Å². The van der Waals surface area contributed by atoms with E-state index >= 15 is 0 Å². The van der Waals surface area contributed by atoms with Crippen LogP contribution in [0.25, 0.3) is 0 Å². The van der Waals surface area contributed by atoms with Gasteiger partial charge in [0.15, 0.2) is 11.5 Å². The van der Waals surface area contributed by atoms with Crippen LogP contribution in [-0.4, -0.2) is 50.4 Å². The van der Waals surface area contributed by atoms with E-state index in [1.165, 1.54) is 26.4 Å². The van der Waals surface area contributed by atoms with Crippen molar-refractivity contribution in [3.05, 3.63) is 53.6 Å². The normalized spacial score (nSPS) is 23.1. The Morgan fingerprint density at radius 2 is 1.84 bits per heavy atom. The summed E-state index contributed by atoms with van der Waals surface area (Å²) in [6, 6.07) is 9.17. The molecule has 0 N–H and O–H groups in total. The number of methoxy groups -OCH3 is 2. The van der Waals surface area contributed by atoms with E-state index in [2.05, 4.69) is 0 Å². The fraction of sp³-hybridized carbons (Fsp3) is 0.435. The van der Waals surface area contributed by atoms with Crippen LogP contribution in [0.4, 0.5) is 13.2 Å². The summed E-state index contributed by atoms with van der Waals surface area (Å²) in [5.41, 5.74) is -0.0860. The topological polar surface area (TPSA) is 57.2 Å². The first-order chi connectivity index (χ1) is 15.3. The first-order valence-corrected chi connectivity index (χ1v) is 10.3. The van der Waals surface area contributed by atoms with Gasteiger partial charge in [-0.3, -0.25) is 4.79 Å². The summed E-state index contributed by atoms with van der Waals surface area (Å²) in [6.45, 7) is 1.06. The molecule has 6 nitrogen and oxygen atoms in total. The van der Waals surface area contributed by atoms with E-state index in [4.69, 9.17) is 18.9 Å². The highest BCUT2D eigenvalue weighted by Crippen LogP contribution is 2.45. The Bertz CT molecular complexity index is 957. The smallest absolute Gasteiger partial charge is 0.416 e. The third kappa shape index (κ3) is 4.21. The summed E-state index contributed by atoms with van der Waals surface area (Å²) in [4.78, 5) is 14.7. The zero-order chi connectivity index (χ0) is 22.9. The quantitative estimate of drug-likeness (QED) is 0.590. The summed E-state index contributed by atoms with van der Waals surface area (Å²) in [5.74, 6) is 0.913. The lowest BCUT2D eigenvalue weighted by Crippen LogP contribution is -2.62. The lowest BCUT2D eigenvalue weighted by Gasteiger charge is -2.47. The second kappa shape index (κ2) is 8.90. The van der Waals surface area contributed by atoms with E-state index < -0.39 is 23.9 Å². The predicted molar refractivity (Wildman–Crippen MR) is 109 cm³/mol. The molecular weight excluding hydrogens is 427 g/mol. The van der Waals surface area contributed by atoms with E-state index in [9.17, 15) is 18.0 Å². The van der Waals surface area contributed by atoms with Crippen molar-refractivity contribution >= 4 is 5.91 Å². The van der Waals surface area contributed by atoms with Crippen molar-refractivity contribution in [2.45, 2.75) is 37.3 Å². The van der Waals surface area contributed by atoms with Gasteiger partial charge in [-0.1, -0.05) is 12.1 Å². The minimum absolute atomic E-state index is 0.0647. The molecule has 0 saturated carbocycles. The first kappa shape index (κ1) is 22.3. The number of benzene rings is 2. The molecule has 3 atom stereocenters. The molecule has 4 rings (SSSR count). The Hall–Kier alpha value is -2.94. The first-order valence-electron chi connectivity index (χ1n) is 10.3. The minimum Gasteiger partial charge on any atom is -0.493 e. The number of alkyl halides is 3. The summed E-state index contributed by atoms with van der Waals surface area (Å²) < 4.78 is 61.1. The van der Waals surface area contributed by atoms with Crippen molar-refractivity contribution in [2.24, 2.45) is 0 Å². The third-order valence-corrected chi connectivity index (χ3v) is 5.77. The van der Waals surface area contributed by atoms with E-state index in [1.54, 1.807) is 17.0 Å². The van der Waals surface area contributed by atoms with Crippen LogP contribution in [0.5, 0.6) is 17.2 Å². The molecule has 0 aliphatic carbocycles. The van der Waals surface area contributed by atoms with Crippen LogP contribution in [0, 0.1) is 0 Å². The summed E-state index contributed by atoms with van der Waals surface area (Å²) >= 11 is 0. The molecule has 0 unspecified atom stereocenters. The second-order valence-electron chi connectivity index (χ2n) is 7.71. The predicted octanol–water partition coefficient (Wildman–Crippen LogP) is 4.23. The maximum atomic E-state index is 13.0. The number of carbonyl (C=O) groups is 1. The number of halogens is 3. The van der Waals surface area contributed by atoms with Crippen LogP contribution in [0.1, 0.15) is 30.0 Å². The highest BCUT2D eigenvalue weighted by atomic mass is 19.4. The van der Waals surface area contributed by atoms with Gasteiger partial charge in [-0.2, -0.15) is 13.2 Å². The van der Waals surface area contributed by atoms with Gasteiger partial charge in [0, 0.05) is 18.7 Å². The molecule has 0 aromatic heterocycles. The maximum Gasteiger partial charge on any atom is 0.416 e. The molecular formula is C23H24F3NO5. The number of nitrogens with zero attached hydrogens (tertiary/aromatic N) is 1. The Kier molecular flexibility index (Phi) is 6.19. The average molecular weight is 451 g/mol. The van der Waals surface area contributed by atoms with E-state index in [0.717, 1.165) is 25.0 Å². The maximum absolute atomic E-state index is 13.0. The monoisotopic (exact) mass is 451 g/mol. The van der Waals surface area contributed by atoms with Crippen LogP contribution in [-0.2, 0) is 15.7 Å². The van der Waals surface area contributed by atoms with Gasteiger partial charge < -0.3 is 23.8 Å². The average Bonchev–Trinajstić information content (AvgIpc) is 3.30. The lowest BCUT2D eigenvalue weighted by atomic mass is 9.89. The molecule has 0 bridgehead atoms. The molecule has 2 aromatic rings. The lowest BCUT2D eigenvalue weighted by molar-refractivity contribution is -0.167. The Morgan fingerprint density at radius 3 is 2.44 bits per heavy atom. The number of carbonyl (C=O) groups excluding carboxylic acids is 1. The van der Waals surface area contributed by atoms with Crippen molar-refractivity contribution in [2.75, 3.05) is 27.4 Å². The van der Waals surface area contributed by atoms with Crippen molar-refractivity contribution in [3.8, 4) is 17.2 Å². The number of rotatable bonds is 7. The Labute approximate surface area is 183 Å². The van der Waals surface area contributed by atoms with Gasteiger partial charge in [-0.05, 0) is 43.2 Å². The SMILES string of the molecule is COc1cccc([C@@H]2[C@@H](Oc3ccc(C(F)(F)F)cc3)C(=O)N2C[C@H]2CCCO2)c1OC. The minimum atomic E-state index is -4.45. The van der Waals surface area contributed by atoms with Crippen LogP contribution < -0.4 is 14.2 Å². The van der Waals surface area contributed by atoms with Gasteiger partial charge in [-0.25, -0.2) is 0 Å². The Morgan fingerprint density at radius 1 is 1.09 bits per heavy atom. The fourth-order valence-electron chi connectivity index (χ4n) is 4.19. The molecule has 0 radical (unpaired) electrons. The number of β-lactam (4-membered cyclic amide) rings is 1. The number of likely N-dealkylation sites (tertiary alicyclic amines) is 1. The number of hydrogen-bond donors (Lipinski definition) is 0. The van der Waals surface area contributed by atoms with Crippen molar-refractivity contribution in [1.82, 2.24) is 4.90 Å².